The van der Waals surface area contributed by atoms with Crippen molar-refractivity contribution in [3.05, 3.63) is 72.1 Å². The fourth-order valence-electron chi connectivity index (χ4n) is 2.99. The molecule has 0 bridgehead atoms. The van der Waals surface area contributed by atoms with E-state index in [1.807, 2.05) is 30.3 Å². The van der Waals surface area contributed by atoms with Crippen molar-refractivity contribution in [3.63, 3.8) is 0 Å². The number of primary amides is 1. The van der Waals surface area contributed by atoms with Crippen LogP contribution < -0.4 is 21.1 Å². The van der Waals surface area contributed by atoms with Gasteiger partial charge in [0.05, 0.1) is 25.7 Å². The molecule has 9 nitrogen and oxygen atoms in total. The SMILES string of the molecule is CC(C[CH]C(=O)NC(Cc1ccc(OCc2ccccc2)cc1)C(=O)NC(CO)CO)C(N)=O. The smallest absolute Gasteiger partial charge is 0.243 e. The standard InChI is InChI=1S/C25H32N3O6/c1-17(24(26)32)7-12-23(31)28-22(25(33)27-20(14-29)15-30)13-18-8-10-21(11-9-18)34-16-19-5-3-2-4-6-19/h2-6,8-12,17,20,22,29-30H,7,13-16H2,1H3,(H2,26,32)(H,27,33)(H,28,31). The van der Waals surface area contributed by atoms with Crippen LogP contribution >= 0.6 is 0 Å². The lowest BCUT2D eigenvalue weighted by molar-refractivity contribution is -0.128. The highest BCUT2D eigenvalue weighted by Gasteiger charge is 2.24. The molecule has 6 N–H and O–H groups in total. The number of hydrogen-bond acceptors (Lipinski definition) is 6. The minimum Gasteiger partial charge on any atom is -0.489 e. The number of rotatable bonds is 14. The fourth-order valence-corrected chi connectivity index (χ4v) is 2.99. The predicted molar refractivity (Wildman–Crippen MR) is 126 cm³/mol. The second-order valence-corrected chi connectivity index (χ2v) is 8.00. The lowest BCUT2D eigenvalue weighted by atomic mass is 10.0. The van der Waals surface area contributed by atoms with Crippen LogP contribution in [-0.2, 0) is 27.4 Å². The van der Waals surface area contributed by atoms with Crippen molar-refractivity contribution >= 4 is 17.7 Å². The molecule has 34 heavy (non-hydrogen) atoms. The van der Waals surface area contributed by atoms with Crippen LogP contribution in [0.2, 0.25) is 0 Å². The van der Waals surface area contributed by atoms with Crippen molar-refractivity contribution in [3.8, 4) is 5.75 Å². The van der Waals surface area contributed by atoms with Crippen LogP contribution in [0, 0.1) is 12.3 Å². The van der Waals surface area contributed by atoms with E-state index in [2.05, 4.69) is 10.6 Å². The Morgan fingerprint density at radius 3 is 2.21 bits per heavy atom. The van der Waals surface area contributed by atoms with Gasteiger partial charge in [-0.15, -0.1) is 0 Å². The van der Waals surface area contributed by atoms with E-state index >= 15 is 0 Å². The van der Waals surface area contributed by atoms with Crippen molar-refractivity contribution in [2.24, 2.45) is 11.7 Å². The van der Waals surface area contributed by atoms with Gasteiger partial charge in [0.1, 0.15) is 18.4 Å². The molecule has 0 aromatic heterocycles. The molecule has 3 amide bonds. The van der Waals surface area contributed by atoms with Crippen LogP contribution in [0.5, 0.6) is 5.75 Å². The summed E-state index contributed by atoms with van der Waals surface area (Å²) < 4.78 is 5.77. The second-order valence-electron chi connectivity index (χ2n) is 8.00. The highest BCUT2D eigenvalue weighted by molar-refractivity contribution is 5.92. The first-order valence-corrected chi connectivity index (χ1v) is 11.0. The van der Waals surface area contributed by atoms with Gasteiger partial charge in [0.15, 0.2) is 0 Å². The van der Waals surface area contributed by atoms with E-state index in [0.717, 1.165) is 11.1 Å². The fraction of sp³-hybridized carbons (Fsp3) is 0.360. The summed E-state index contributed by atoms with van der Waals surface area (Å²) >= 11 is 0. The number of benzene rings is 2. The molecule has 0 fully saturated rings. The molecule has 2 unspecified atom stereocenters. The van der Waals surface area contributed by atoms with Crippen LogP contribution in [0.15, 0.2) is 54.6 Å². The summed E-state index contributed by atoms with van der Waals surface area (Å²) in [6.45, 7) is 1.13. The Labute approximate surface area is 199 Å². The maximum atomic E-state index is 12.7. The van der Waals surface area contributed by atoms with E-state index in [1.165, 1.54) is 6.42 Å². The first-order valence-electron chi connectivity index (χ1n) is 11.0. The van der Waals surface area contributed by atoms with Gasteiger partial charge >= 0.3 is 0 Å². The number of nitrogens with two attached hydrogens (primary N) is 1. The monoisotopic (exact) mass is 470 g/mol. The number of hydrogen-bond donors (Lipinski definition) is 5. The Balaban J connectivity index is 2.02. The molecule has 2 rings (SSSR count). The molecule has 0 saturated carbocycles. The molecular formula is C25H32N3O6. The quantitative estimate of drug-likeness (QED) is 0.271. The van der Waals surface area contributed by atoms with Gasteiger partial charge in [0.25, 0.3) is 0 Å². The van der Waals surface area contributed by atoms with Crippen molar-refractivity contribution in [1.82, 2.24) is 10.6 Å². The van der Waals surface area contributed by atoms with E-state index in [4.69, 9.17) is 10.5 Å². The van der Waals surface area contributed by atoms with Crippen molar-refractivity contribution in [2.75, 3.05) is 13.2 Å². The Hall–Kier alpha value is -3.43. The normalized spacial score (nSPS) is 12.6. The lowest BCUT2D eigenvalue weighted by Gasteiger charge is -2.22. The molecule has 1 radical (unpaired) electrons. The van der Waals surface area contributed by atoms with Crippen molar-refractivity contribution in [1.29, 1.82) is 0 Å². The summed E-state index contributed by atoms with van der Waals surface area (Å²) in [5, 5.41) is 23.7. The average Bonchev–Trinajstić information content (AvgIpc) is 2.85. The molecule has 0 heterocycles. The van der Waals surface area contributed by atoms with Gasteiger partial charge in [-0.1, -0.05) is 49.4 Å². The van der Waals surface area contributed by atoms with Gasteiger partial charge in [-0.2, -0.15) is 0 Å². The zero-order valence-electron chi connectivity index (χ0n) is 19.1. The number of carbonyl (C=O) groups excluding carboxylic acids is 3. The van der Waals surface area contributed by atoms with Crippen LogP contribution in [-0.4, -0.2) is 53.2 Å². The molecule has 2 aromatic carbocycles. The minimum atomic E-state index is -0.968. The third-order valence-corrected chi connectivity index (χ3v) is 5.17. The second kappa shape index (κ2) is 14.0. The summed E-state index contributed by atoms with van der Waals surface area (Å²) in [5.41, 5.74) is 7.02. The van der Waals surface area contributed by atoms with Gasteiger partial charge in [0, 0.05) is 12.3 Å². The highest BCUT2D eigenvalue weighted by Crippen LogP contribution is 2.16. The highest BCUT2D eigenvalue weighted by atomic mass is 16.5. The minimum absolute atomic E-state index is 0.138. The number of ether oxygens (including phenoxy) is 1. The van der Waals surface area contributed by atoms with Crippen LogP contribution in [0.4, 0.5) is 0 Å². The molecule has 0 aliphatic carbocycles. The Morgan fingerprint density at radius 1 is 0.971 bits per heavy atom. The van der Waals surface area contributed by atoms with Gasteiger partial charge < -0.3 is 31.3 Å². The molecule has 9 heteroatoms. The van der Waals surface area contributed by atoms with E-state index in [0.29, 0.717) is 12.4 Å². The summed E-state index contributed by atoms with van der Waals surface area (Å²) in [4.78, 5) is 36.3. The maximum absolute atomic E-state index is 12.7. The predicted octanol–water partition coefficient (Wildman–Crippen LogP) is 0.478. The first kappa shape index (κ1) is 26.8. The number of carbonyl (C=O) groups is 3. The summed E-state index contributed by atoms with van der Waals surface area (Å²) in [6, 6.07) is 15.1. The lowest BCUT2D eigenvalue weighted by Crippen LogP contribution is -2.52. The Kier molecular flexibility index (Phi) is 11.0. The molecule has 0 aliphatic rings. The largest absolute Gasteiger partial charge is 0.489 e. The molecule has 2 aromatic rings. The average molecular weight is 471 g/mol. The molecule has 0 aliphatic heterocycles. The zero-order chi connectivity index (χ0) is 24.9. The Bertz CT molecular complexity index is 916. The molecule has 2 atom stereocenters. The van der Waals surface area contributed by atoms with E-state index in [9.17, 15) is 24.6 Å². The topological polar surface area (TPSA) is 151 Å². The van der Waals surface area contributed by atoms with Crippen LogP contribution in [0.1, 0.15) is 24.5 Å². The van der Waals surface area contributed by atoms with Gasteiger partial charge in [0.2, 0.25) is 17.7 Å². The number of amides is 3. The first-order chi connectivity index (χ1) is 16.3. The molecule has 0 saturated heterocycles. The van der Waals surface area contributed by atoms with E-state index in [1.54, 1.807) is 31.2 Å². The van der Waals surface area contributed by atoms with Gasteiger partial charge in [-0.05, 0) is 29.7 Å². The van der Waals surface area contributed by atoms with Gasteiger partial charge in [-0.25, -0.2) is 0 Å². The third-order valence-electron chi connectivity index (χ3n) is 5.17. The third kappa shape index (κ3) is 9.21. The van der Waals surface area contributed by atoms with Crippen LogP contribution in [0.25, 0.3) is 0 Å². The van der Waals surface area contributed by atoms with Crippen molar-refractivity contribution in [2.45, 2.75) is 38.5 Å². The summed E-state index contributed by atoms with van der Waals surface area (Å²) in [5.74, 6) is -1.47. The zero-order valence-corrected chi connectivity index (χ0v) is 19.1. The Morgan fingerprint density at radius 2 is 1.62 bits per heavy atom. The van der Waals surface area contributed by atoms with E-state index < -0.39 is 48.9 Å². The number of nitrogens with one attached hydrogen (secondary N) is 2. The molecular weight excluding hydrogens is 438 g/mol. The number of aliphatic hydroxyl groups is 2. The van der Waals surface area contributed by atoms with Crippen molar-refractivity contribution < 1.29 is 29.3 Å². The van der Waals surface area contributed by atoms with Gasteiger partial charge in [-0.3, -0.25) is 14.4 Å². The maximum Gasteiger partial charge on any atom is 0.243 e. The molecule has 0 spiro atoms. The summed E-state index contributed by atoms with van der Waals surface area (Å²) in [7, 11) is 0. The number of aliphatic hydroxyl groups excluding tert-OH is 2. The summed E-state index contributed by atoms with van der Waals surface area (Å²) in [6.07, 6.45) is 1.57. The van der Waals surface area contributed by atoms with Crippen LogP contribution in [0.3, 0.4) is 0 Å². The molecule has 183 valence electrons. The van der Waals surface area contributed by atoms with E-state index in [-0.39, 0.29) is 12.8 Å².